The minimum absolute atomic E-state index is 0.448. The minimum Gasteiger partial charge on any atom is -0.280 e. The Morgan fingerprint density at radius 2 is 1.87 bits per heavy atom. The van der Waals surface area contributed by atoms with E-state index in [9.17, 15) is 8.42 Å². The van der Waals surface area contributed by atoms with Crippen LogP contribution in [0.1, 0.15) is 25.2 Å². The largest absolute Gasteiger partial charge is 0.280 e. The van der Waals surface area contributed by atoms with E-state index in [0.29, 0.717) is 11.4 Å². The molecule has 0 fully saturated rings. The predicted octanol–water partition coefficient (Wildman–Crippen LogP) is 1.19. The summed E-state index contributed by atoms with van der Waals surface area (Å²) in [6, 6.07) is 0. The Kier molecular flexibility index (Phi) is 3.08. The van der Waals surface area contributed by atoms with Crippen LogP contribution in [0.5, 0.6) is 0 Å². The third kappa shape index (κ3) is 2.31. The summed E-state index contributed by atoms with van der Waals surface area (Å²) in [4.78, 5) is 0. The van der Waals surface area contributed by atoms with Crippen LogP contribution < -0.4 is 4.72 Å². The molecule has 0 radical (unpaired) electrons. The molecule has 0 aliphatic carbocycles. The Hall–Kier alpha value is -1.04. The van der Waals surface area contributed by atoms with Gasteiger partial charge in [-0.1, -0.05) is 0 Å². The molecule has 0 amide bonds. The molecule has 0 spiro atoms. The fraction of sp³-hybridized carbons (Fsp3) is 0.667. The Bertz CT molecular complexity index is 460. The molecule has 0 saturated heterocycles. The molecule has 6 heteroatoms. The van der Waals surface area contributed by atoms with Crippen LogP contribution in [0.3, 0.4) is 0 Å². The van der Waals surface area contributed by atoms with Gasteiger partial charge in [-0.25, -0.2) is 8.42 Å². The second kappa shape index (κ2) is 3.84. The van der Waals surface area contributed by atoms with Crippen molar-refractivity contribution < 1.29 is 8.42 Å². The third-order valence-corrected chi connectivity index (χ3v) is 4.10. The van der Waals surface area contributed by atoms with E-state index in [1.807, 2.05) is 6.92 Å². The van der Waals surface area contributed by atoms with Crippen molar-refractivity contribution >= 4 is 15.7 Å². The molecule has 15 heavy (non-hydrogen) atoms. The number of sulfonamides is 1. The van der Waals surface area contributed by atoms with Crippen molar-refractivity contribution in [2.75, 3.05) is 4.72 Å². The monoisotopic (exact) mass is 231 g/mol. The highest BCUT2D eigenvalue weighted by molar-refractivity contribution is 7.93. The Balaban J connectivity index is 3.11. The summed E-state index contributed by atoms with van der Waals surface area (Å²) in [6.45, 7) is 6.90. The standard InChI is InChI=1S/C9H17N3O2S/c1-6(2)15(13,14)11-9-7(3)10-12(5)8(9)4/h6,11H,1-5H3. The summed E-state index contributed by atoms with van der Waals surface area (Å²) in [6.07, 6.45) is 0. The fourth-order valence-electron chi connectivity index (χ4n) is 1.18. The lowest BCUT2D eigenvalue weighted by Gasteiger charge is -2.10. The number of rotatable bonds is 3. The number of anilines is 1. The molecule has 1 aromatic heterocycles. The van der Waals surface area contributed by atoms with Crippen molar-refractivity contribution in [1.82, 2.24) is 9.78 Å². The molecule has 0 bridgehead atoms. The minimum atomic E-state index is -3.29. The summed E-state index contributed by atoms with van der Waals surface area (Å²) >= 11 is 0. The lowest BCUT2D eigenvalue weighted by molar-refractivity contribution is 0.592. The van der Waals surface area contributed by atoms with Gasteiger partial charge in [-0.15, -0.1) is 0 Å². The van der Waals surface area contributed by atoms with Crippen molar-refractivity contribution in [3.05, 3.63) is 11.4 Å². The molecule has 1 heterocycles. The molecule has 0 saturated carbocycles. The number of aryl methyl sites for hydroxylation is 2. The van der Waals surface area contributed by atoms with Crippen molar-refractivity contribution in [3.63, 3.8) is 0 Å². The van der Waals surface area contributed by atoms with Gasteiger partial charge in [-0.05, 0) is 27.7 Å². The van der Waals surface area contributed by atoms with Crippen LogP contribution in [-0.4, -0.2) is 23.4 Å². The van der Waals surface area contributed by atoms with Crippen LogP contribution in [0.15, 0.2) is 0 Å². The van der Waals surface area contributed by atoms with E-state index in [2.05, 4.69) is 9.82 Å². The van der Waals surface area contributed by atoms with Gasteiger partial charge in [0.15, 0.2) is 0 Å². The Morgan fingerprint density at radius 3 is 2.20 bits per heavy atom. The van der Waals surface area contributed by atoms with E-state index < -0.39 is 15.3 Å². The van der Waals surface area contributed by atoms with E-state index in [-0.39, 0.29) is 0 Å². The summed E-state index contributed by atoms with van der Waals surface area (Å²) in [5, 5.41) is 3.70. The molecule has 0 aromatic carbocycles. The van der Waals surface area contributed by atoms with Gasteiger partial charge in [-0.2, -0.15) is 5.10 Å². The average Bonchev–Trinajstić information content (AvgIpc) is 2.32. The average molecular weight is 231 g/mol. The van der Waals surface area contributed by atoms with Gasteiger partial charge in [0.25, 0.3) is 0 Å². The first-order chi connectivity index (χ1) is 6.75. The van der Waals surface area contributed by atoms with Gasteiger partial charge in [0, 0.05) is 7.05 Å². The highest BCUT2D eigenvalue weighted by Gasteiger charge is 2.19. The Morgan fingerprint density at radius 1 is 1.33 bits per heavy atom. The summed E-state index contributed by atoms with van der Waals surface area (Å²) in [7, 11) is -1.50. The number of hydrogen-bond donors (Lipinski definition) is 1. The molecule has 86 valence electrons. The van der Waals surface area contributed by atoms with Crippen LogP contribution in [0.4, 0.5) is 5.69 Å². The van der Waals surface area contributed by atoms with Crippen LogP contribution in [0.2, 0.25) is 0 Å². The lowest BCUT2D eigenvalue weighted by Crippen LogP contribution is -2.23. The van der Waals surface area contributed by atoms with Crippen molar-refractivity contribution in [1.29, 1.82) is 0 Å². The van der Waals surface area contributed by atoms with Gasteiger partial charge >= 0.3 is 0 Å². The summed E-state index contributed by atoms with van der Waals surface area (Å²) in [5.74, 6) is 0. The van der Waals surface area contributed by atoms with E-state index in [1.165, 1.54) is 0 Å². The van der Waals surface area contributed by atoms with E-state index in [0.717, 1.165) is 5.69 Å². The molecule has 0 unspecified atom stereocenters. The zero-order chi connectivity index (χ0) is 11.8. The Labute approximate surface area is 90.5 Å². The molecular weight excluding hydrogens is 214 g/mol. The maximum atomic E-state index is 11.7. The van der Waals surface area contributed by atoms with E-state index >= 15 is 0 Å². The highest BCUT2D eigenvalue weighted by atomic mass is 32.2. The van der Waals surface area contributed by atoms with Gasteiger partial charge in [0.1, 0.15) is 0 Å². The maximum absolute atomic E-state index is 11.7. The van der Waals surface area contributed by atoms with E-state index in [1.54, 1.807) is 32.5 Å². The first-order valence-corrected chi connectivity index (χ1v) is 6.32. The molecule has 1 N–H and O–H groups in total. The first-order valence-electron chi connectivity index (χ1n) is 4.77. The SMILES string of the molecule is Cc1nn(C)c(C)c1NS(=O)(=O)C(C)C. The number of aromatic nitrogens is 2. The normalized spacial score (nSPS) is 12.1. The molecule has 0 aliphatic rings. The van der Waals surface area contributed by atoms with Crippen LogP contribution >= 0.6 is 0 Å². The van der Waals surface area contributed by atoms with Crippen molar-refractivity contribution in [2.45, 2.75) is 32.9 Å². The van der Waals surface area contributed by atoms with Gasteiger partial charge in [0.05, 0.1) is 22.3 Å². The highest BCUT2D eigenvalue weighted by Crippen LogP contribution is 2.20. The number of nitrogens with zero attached hydrogens (tertiary/aromatic N) is 2. The zero-order valence-electron chi connectivity index (χ0n) is 9.70. The smallest absolute Gasteiger partial charge is 0.235 e. The zero-order valence-corrected chi connectivity index (χ0v) is 10.5. The van der Waals surface area contributed by atoms with Crippen LogP contribution in [-0.2, 0) is 17.1 Å². The first kappa shape index (κ1) is 12.0. The van der Waals surface area contributed by atoms with Crippen LogP contribution in [0.25, 0.3) is 0 Å². The fourth-order valence-corrected chi connectivity index (χ4v) is 2.00. The van der Waals surface area contributed by atoms with E-state index in [4.69, 9.17) is 0 Å². The predicted molar refractivity (Wildman–Crippen MR) is 60.4 cm³/mol. The molecule has 0 aliphatic heterocycles. The third-order valence-electron chi connectivity index (χ3n) is 2.37. The molecule has 1 aromatic rings. The summed E-state index contributed by atoms with van der Waals surface area (Å²) < 4.78 is 27.6. The van der Waals surface area contributed by atoms with Gasteiger partial charge in [0.2, 0.25) is 10.0 Å². The second-order valence-corrected chi connectivity index (χ2v) is 6.10. The maximum Gasteiger partial charge on any atom is 0.235 e. The second-order valence-electron chi connectivity index (χ2n) is 3.87. The molecule has 1 rings (SSSR count). The van der Waals surface area contributed by atoms with Gasteiger partial charge < -0.3 is 0 Å². The van der Waals surface area contributed by atoms with Crippen molar-refractivity contribution in [2.24, 2.45) is 7.05 Å². The van der Waals surface area contributed by atoms with Crippen molar-refractivity contribution in [3.8, 4) is 0 Å². The van der Waals surface area contributed by atoms with Crippen LogP contribution in [0, 0.1) is 13.8 Å². The topological polar surface area (TPSA) is 64.0 Å². The summed E-state index contributed by atoms with van der Waals surface area (Å²) in [5.41, 5.74) is 2.10. The molecular formula is C9H17N3O2S. The molecule has 0 atom stereocenters. The number of hydrogen-bond acceptors (Lipinski definition) is 3. The number of nitrogens with one attached hydrogen (secondary N) is 1. The van der Waals surface area contributed by atoms with Gasteiger partial charge in [-0.3, -0.25) is 9.40 Å². The molecule has 5 nitrogen and oxygen atoms in total. The quantitative estimate of drug-likeness (QED) is 0.849. The lowest BCUT2D eigenvalue weighted by atomic mass is 10.3.